The average molecular weight is 371 g/mol. The van der Waals surface area contributed by atoms with Crippen molar-refractivity contribution in [2.24, 2.45) is 0 Å². The molecule has 1 amide bonds. The van der Waals surface area contributed by atoms with E-state index in [1.165, 1.54) is 6.33 Å². The zero-order valence-electron chi connectivity index (χ0n) is 14.5. The third-order valence-electron chi connectivity index (χ3n) is 3.91. The number of nitrogens with one attached hydrogen (secondary N) is 1. The van der Waals surface area contributed by atoms with Crippen molar-refractivity contribution in [2.45, 2.75) is 26.0 Å². The van der Waals surface area contributed by atoms with Crippen LogP contribution >= 0.6 is 11.6 Å². The number of rotatable bonds is 6. The Labute approximate surface area is 156 Å². The van der Waals surface area contributed by atoms with Gasteiger partial charge in [0.2, 0.25) is 0 Å². The molecular weight excluding hydrogens is 352 g/mol. The van der Waals surface area contributed by atoms with Gasteiger partial charge in [0.15, 0.2) is 6.10 Å². The number of carbonyl (C=O) groups excluding carboxylic acids is 1. The second-order valence-corrected chi connectivity index (χ2v) is 6.32. The molecule has 3 rings (SSSR count). The van der Waals surface area contributed by atoms with Crippen molar-refractivity contribution in [3.05, 3.63) is 71.8 Å². The minimum atomic E-state index is -0.634. The molecule has 3 aromatic rings. The van der Waals surface area contributed by atoms with Gasteiger partial charge in [0.1, 0.15) is 18.4 Å². The number of halogens is 1. The van der Waals surface area contributed by atoms with Crippen LogP contribution in [0.4, 0.5) is 0 Å². The average Bonchev–Trinajstić information content (AvgIpc) is 3.16. The largest absolute Gasteiger partial charge is 0.481 e. The molecule has 2 atom stereocenters. The maximum absolute atomic E-state index is 12.4. The van der Waals surface area contributed by atoms with E-state index in [2.05, 4.69) is 15.4 Å². The zero-order valence-corrected chi connectivity index (χ0v) is 15.2. The van der Waals surface area contributed by atoms with E-state index in [1.807, 2.05) is 31.2 Å². The summed E-state index contributed by atoms with van der Waals surface area (Å²) >= 11 is 5.93. The Kier molecular flexibility index (Phi) is 5.53. The van der Waals surface area contributed by atoms with Crippen molar-refractivity contribution < 1.29 is 9.53 Å². The fourth-order valence-corrected chi connectivity index (χ4v) is 2.65. The van der Waals surface area contributed by atoms with Gasteiger partial charge in [-0.3, -0.25) is 4.79 Å². The predicted octanol–water partition coefficient (Wildman–Crippen LogP) is 3.57. The molecule has 0 bridgehead atoms. The number of ether oxygens (including phenoxy) is 1. The number of benzene rings is 2. The van der Waals surface area contributed by atoms with E-state index >= 15 is 0 Å². The van der Waals surface area contributed by atoms with Crippen LogP contribution in [-0.2, 0) is 4.79 Å². The van der Waals surface area contributed by atoms with E-state index in [1.54, 1.807) is 42.2 Å². The Morgan fingerprint density at radius 3 is 2.62 bits per heavy atom. The molecular formula is C19H19ClN4O2. The molecule has 7 heteroatoms. The molecule has 0 saturated carbocycles. The molecule has 0 spiro atoms. The minimum absolute atomic E-state index is 0.155. The molecule has 0 aliphatic rings. The number of aromatic nitrogens is 3. The van der Waals surface area contributed by atoms with Gasteiger partial charge in [0.25, 0.3) is 5.91 Å². The Morgan fingerprint density at radius 1 is 1.19 bits per heavy atom. The van der Waals surface area contributed by atoms with Gasteiger partial charge in [-0.1, -0.05) is 29.8 Å². The Hall–Kier alpha value is -2.86. The molecule has 1 heterocycles. The summed E-state index contributed by atoms with van der Waals surface area (Å²) in [5.41, 5.74) is 1.89. The maximum Gasteiger partial charge on any atom is 0.261 e. The SMILES string of the molecule is CC(Oc1cccc(Cl)c1)C(=O)NC(C)c1ccc(-n2cncn2)cc1. The molecule has 0 aliphatic carbocycles. The predicted molar refractivity (Wildman–Crippen MR) is 99.5 cm³/mol. The van der Waals surface area contributed by atoms with Gasteiger partial charge in [-0.25, -0.2) is 9.67 Å². The highest BCUT2D eigenvalue weighted by Crippen LogP contribution is 2.19. The van der Waals surface area contributed by atoms with Gasteiger partial charge in [-0.05, 0) is 49.7 Å². The fraction of sp³-hybridized carbons (Fsp3) is 0.211. The van der Waals surface area contributed by atoms with Gasteiger partial charge in [-0.15, -0.1) is 0 Å². The molecule has 1 N–H and O–H groups in total. The first kappa shape index (κ1) is 17.9. The van der Waals surface area contributed by atoms with Gasteiger partial charge >= 0.3 is 0 Å². The lowest BCUT2D eigenvalue weighted by molar-refractivity contribution is -0.127. The molecule has 0 aliphatic heterocycles. The number of amides is 1. The number of hydrogen-bond acceptors (Lipinski definition) is 4. The van der Waals surface area contributed by atoms with E-state index in [0.29, 0.717) is 10.8 Å². The third-order valence-corrected chi connectivity index (χ3v) is 4.15. The lowest BCUT2D eigenvalue weighted by atomic mass is 10.1. The quantitative estimate of drug-likeness (QED) is 0.720. The molecule has 0 saturated heterocycles. The van der Waals surface area contributed by atoms with Crippen LogP contribution in [0.2, 0.25) is 5.02 Å². The van der Waals surface area contributed by atoms with E-state index in [-0.39, 0.29) is 11.9 Å². The van der Waals surface area contributed by atoms with E-state index < -0.39 is 6.10 Å². The Bertz CT molecular complexity index is 866. The van der Waals surface area contributed by atoms with Crippen molar-refractivity contribution in [1.29, 1.82) is 0 Å². The number of carbonyl (C=O) groups is 1. The van der Waals surface area contributed by atoms with Crippen LogP contribution < -0.4 is 10.1 Å². The standard InChI is InChI=1S/C19H19ClN4O2/c1-13(15-6-8-17(9-7-15)24-12-21-11-22-24)23-19(25)14(2)26-18-5-3-4-16(20)10-18/h3-14H,1-2H3,(H,23,25). The summed E-state index contributed by atoms with van der Waals surface area (Å²) in [5, 5.41) is 7.61. The summed E-state index contributed by atoms with van der Waals surface area (Å²) in [7, 11) is 0. The van der Waals surface area contributed by atoms with Crippen LogP contribution in [-0.4, -0.2) is 26.8 Å². The first-order valence-electron chi connectivity index (χ1n) is 8.20. The monoisotopic (exact) mass is 370 g/mol. The van der Waals surface area contributed by atoms with Crippen molar-refractivity contribution in [3.8, 4) is 11.4 Å². The van der Waals surface area contributed by atoms with E-state index in [9.17, 15) is 4.79 Å². The second-order valence-electron chi connectivity index (χ2n) is 5.88. The number of nitrogens with zero attached hydrogens (tertiary/aromatic N) is 3. The smallest absolute Gasteiger partial charge is 0.261 e. The van der Waals surface area contributed by atoms with Gasteiger partial charge in [0.05, 0.1) is 11.7 Å². The zero-order chi connectivity index (χ0) is 18.5. The summed E-state index contributed by atoms with van der Waals surface area (Å²) in [5.74, 6) is 0.364. The Balaban J connectivity index is 1.59. The molecule has 2 aromatic carbocycles. The highest BCUT2D eigenvalue weighted by Gasteiger charge is 2.18. The molecule has 2 unspecified atom stereocenters. The lowest BCUT2D eigenvalue weighted by Crippen LogP contribution is -2.37. The molecule has 0 fully saturated rings. The van der Waals surface area contributed by atoms with Crippen LogP contribution in [0.25, 0.3) is 5.69 Å². The summed E-state index contributed by atoms with van der Waals surface area (Å²) in [4.78, 5) is 16.3. The van der Waals surface area contributed by atoms with Gasteiger partial charge in [0, 0.05) is 5.02 Å². The molecule has 6 nitrogen and oxygen atoms in total. The topological polar surface area (TPSA) is 69.0 Å². The van der Waals surface area contributed by atoms with Crippen molar-refractivity contribution in [2.75, 3.05) is 0 Å². The maximum atomic E-state index is 12.4. The lowest BCUT2D eigenvalue weighted by Gasteiger charge is -2.19. The molecule has 0 radical (unpaired) electrons. The van der Waals surface area contributed by atoms with Crippen molar-refractivity contribution >= 4 is 17.5 Å². The first-order chi connectivity index (χ1) is 12.5. The Morgan fingerprint density at radius 2 is 1.96 bits per heavy atom. The van der Waals surface area contributed by atoms with Crippen LogP contribution in [0.15, 0.2) is 61.2 Å². The summed E-state index contributed by atoms with van der Waals surface area (Å²) in [6.07, 6.45) is 2.48. The summed E-state index contributed by atoms with van der Waals surface area (Å²) in [6.45, 7) is 3.63. The summed E-state index contributed by atoms with van der Waals surface area (Å²) < 4.78 is 7.32. The minimum Gasteiger partial charge on any atom is -0.481 e. The first-order valence-corrected chi connectivity index (χ1v) is 8.58. The molecule has 134 valence electrons. The highest BCUT2D eigenvalue weighted by atomic mass is 35.5. The summed E-state index contributed by atoms with van der Waals surface area (Å²) in [6, 6.07) is 14.6. The van der Waals surface area contributed by atoms with Crippen LogP contribution in [0, 0.1) is 0 Å². The van der Waals surface area contributed by atoms with Crippen molar-refractivity contribution in [1.82, 2.24) is 20.1 Å². The second kappa shape index (κ2) is 8.01. The van der Waals surface area contributed by atoms with E-state index in [4.69, 9.17) is 16.3 Å². The number of hydrogen-bond donors (Lipinski definition) is 1. The van der Waals surface area contributed by atoms with Crippen LogP contribution in [0.5, 0.6) is 5.75 Å². The fourth-order valence-electron chi connectivity index (χ4n) is 2.47. The van der Waals surface area contributed by atoms with Crippen LogP contribution in [0.1, 0.15) is 25.5 Å². The van der Waals surface area contributed by atoms with Crippen molar-refractivity contribution in [3.63, 3.8) is 0 Å². The molecule has 26 heavy (non-hydrogen) atoms. The third kappa shape index (κ3) is 4.40. The van der Waals surface area contributed by atoms with E-state index in [0.717, 1.165) is 11.3 Å². The highest BCUT2D eigenvalue weighted by molar-refractivity contribution is 6.30. The molecule has 1 aromatic heterocycles. The van der Waals surface area contributed by atoms with Gasteiger partial charge in [-0.2, -0.15) is 5.10 Å². The normalized spacial score (nSPS) is 13.0. The van der Waals surface area contributed by atoms with Gasteiger partial charge < -0.3 is 10.1 Å². The van der Waals surface area contributed by atoms with Crippen LogP contribution in [0.3, 0.4) is 0 Å².